The normalized spacial score (nSPS) is 11.4. The van der Waals surface area contributed by atoms with Crippen molar-refractivity contribution in [3.63, 3.8) is 0 Å². The van der Waals surface area contributed by atoms with E-state index in [1.165, 1.54) is 0 Å². The van der Waals surface area contributed by atoms with Crippen molar-refractivity contribution in [1.82, 2.24) is 14.3 Å². The third-order valence-electron chi connectivity index (χ3n) is 6.62. The minimum Gasteiger partial charge on any atom is -0.494 e. The Morgan fingerprint density at radius 2 is 1.71 bits per heavy atom. The Hall–Kier alpha value is -2.96. The zero-order valence-corrected chi connectivity index (χ0v) is 22.3. The molecule has 0 amide bonds. The van der Waals surface area contributed by atoms with Crippen LogP contribution in [0.3, 0.4) is 0 Å². The van der Waals surface area contributed by atoms with Gasteiger partial charge in [0.2, 0.25) is 0 Å². The lowest BCUT2D eigenvalue weighted by atomic mass is 9.98. The molecule has 35 heavy (non-hydrogen) atoms. The molecule has 0 aliphatic rings. The molecule has 0 bridgehead atoms. The number of carbonyl (C=O) groups is 1. The number of carboxylic acids is 1. The minimum atomic E-state index is -0.967. The van der Waals surface area contributed by atoms with Gasteiger partial charge in [-0.05, 0) is 75.4 Å². The standard InChI is InChI=1S/C27H29Cl2N3O3/c1-14-12-18(13-15(2)24(14)29)35-11-7-8-19-20-9-10-21(28)23(22-16(3)30-32(6)17(22)4)25(20)31(5)26(19)27(33)34/h9-10,12-13H,7-8,11H2,1-6H3,(H,33,34). The van der Waals surface area contributed by atoms with E-state index in [0.29, 0.717) is 24.5 Å². The van der Waals surface area contributed by atoms with Crippen LogP contribution in [0.5, 0.6) is 5.75 Å². The average Bonchev–Trinajstić information content (AvgIpc) is 3.21. The molecule has 4 rings (SSSR count). The molecule has 0 saturated heterocycles. The van der Waals surface area contributed by atoms with Gasteiger partial charge in [0.1, 0.15) is 11.4 Å². The predicted molar refractivity (Wildman–Crippen MR) is 141 cm³/mol. The van der Waals surface area contributed by atoms with E-state index >= 15 is 0 Å². The molecule has 4 aromatic rings. The molecule has 0 atom stereocenters. The molecular weight excluding hydrogens is 485 g/mol. The van der Waals surface area contributed by atoms with Crippen LogP contribution in [0.15, 0.2) is 24.3 Å². The van der Waals surface area contributed by atoms with E-state index in [4.69, 9.17) is 27.9 Å². The smallest absolute Gasteiger partial charge is 0.352 e. The van der Waals surface area contributed by atoms with Crippen LogP contribution in [-0.4, -0.2) is 32.0 Å². The van der Waals surface area contributed by atoms with Crippen molar-refractivity contribution in [2.45, 2.75) is 40.5 Å². The van der Waals surface area contributed by atoms with Gasteiger partial charge in [-0.15, -0.1) is 0 Å². The van der Waals surface area contributed by atoms with Gasteiger partial charge >= 0.3 is 5.97 Å². The molecule has 0 unspecified atom stereocenters. The van der Waals surface area contributed by atoms with E-state index in [2.05, 4.69) is 5.10 Å². The van der Waals surface area contributed by atoms with Gasteiger partial charge in [-0.25, -0.2) is 4.79 Å². The zero-order chi connectivity index (χ0) is 25.6. The summed E-state index contributed by atoms with van der Waals surface area (Å²) in [6.07, 6.45) is 1.21. The molecule has 8 heteroatoms. The molecule has 1 N–H and O–H groups in total. The number of aromatic carboxylic acids is 1. The Balaban J connectivity index is 1.72. The van der Waals surface area contributed by atoms with Crippen LogP contribution in [0.2, 0.25) is 10.0 Å². The van der Waals surface area contributed by atoms with E-state index in [-0.39, 0.29) is 5.69 Å². The van der Waals surface area contributed by atoms with E-state index in [0.717, 1.165) is 60.9 Å². The van der Waals surface area contributed by atoms with Crippen molar-refractivity contribution in [3.8, 4) is 16.9 Å². The van der Waals surface area contributed by atoms with Crippen LogP contribution < -0.4 is 4.74 Å². The van der Waals surface area contributed by atoms with Crippen molar-refractivity contribution in [2.75, 3.05) is 6.61 Å². The second kappa shape index (κ2) is 9.59. The summed E-state index contributed by atoms with van der Waals surface area (Å²) in [6, 6.07) is 7.60. The fourth-order valence-electron chi connectivity index (χ4n) is 4.93. The lowest BCUT2D eigenvalue weighted by molar-refractivity contribution is 0.0685. The number of aryl methyl sites for hydroxylation is 6. The highest BCUT2D eigenvalue weighted by atomic mass is 35.5. The maximum absolute atomic E-state index is 12.3. The van der Waals surface area contributed by atoms with E-state index < -0.39 is 5.97 Å². The summed E-state index contributed by atoms with van der Waals surface area (Å²) in [5, 5.41) is 16.8. The fourth-order valence-corrected chi connectivity index (χ4v) is 5.28. The average molecular weight is 514 g/mol. The van der Waals surface area contributed by atoms with Gasteiger partial charge in [-0.3, -0.25) is 4.68 Å². The molecular formula is C27H29Cl2N3O3. The number of carboxylic acid groups (broad SMARTS) is 1. The molecule has 0 radical (unpaired) electrons. The highest BCUT2D eigenvalue weighted by Gasteiger charge is 2.26. The monoisotopic (exact) mass is 513 g/mol. The summed E-state index contributed by atoms with van der Waals surface area (Å²) in [5.74, 6) is -0.206. The first-order valence-corrected chi connectivity index (χ1v) is 12.2. The Morgan fingerprint density at radius 1 is 1.06 bits per heavy atom. The summed E-state index contributed by atoms with van der Waals surface area (Å²) in [5.41, 5.74) is 7.34. The molecule has 0 aliphatic heterocycles. The number of benzene rings is 2. The Bertz CT molecular complexity index is 1440. The fraction of sp³-hybridized carbons (Fsp3) is 0.333. The van der Waals surface area contributed by atoms with Crippen molar-refractivity contribution < 1.29 is 14.6 Å². The molecule has 0 saturated carbocycles. The van der Waals surface area contributed by atoms with Crippen LogP contribution in [-0.2, 0) is 20.5 Å². The number of hydrogen-bond acceptors (Lipinski definition) is 3. The number of halogens is 2. The van der Waals surface area contributed by atoms with E-state index in [1.54, 1.807) is 11.6 Å². The number of ether oxygens (including phenoxy) is 1. The van der Waals surface area contributed by atoms with Gasteiger partial charge < -0.3 is 14.4 Å². The molecule has 2 aromatic heterocycles. The molecule has 0 aliphatic carbocycles. The number of nitrogens with zero attached hydrogens (tertiary/aromatic N) is 3. The van der Waals surface area contributed by atoms with Gasteiger partial charge in [0.05, 0.1) is 22.8 Å². The topological polar surface area (TPSA) is 69.3 Å². The van der Waals surface area contributed by atoms with Crippen LogP contribution >= 0.6 is 23.2 Å². The van der Waals surface area contributed by atoms with Crippen LogP contribution in [0.4, 0.5) is 0 Å². The quantitative estimate of drug-likeness (QED) is 0.275. The highest BCUT2D eigenvalue weighted by Crippen LogP contribution is 2.41. The minimum absolute atomic E-state index is 0.265. The molecule has 0 fully saturated rings. The molecule has 2 aromatic carbocycles. The molecule has 0 spiro atoms. The van der Waals surface area contributed by atoms with Crippen LogP contribution in [0.25, 0.3) is 22.0 Å². The van der Waals surface area contributed by atoms with E-state index in [9.17, 15) is 9.90 Å². The molecule has 2 heterocycles. The second-order valence-corrected chi connectivity index (χ2v) is 9.79. The largest absolute Gasteiger partial charge is 0.494 e. The Labute approximate surface area is 215 Å². The summed E-state index contributed by atoms with van der Waals surface area (Å²) < 4.78 is 9.53. The molecule has 184 valence electrons. The first-order valence-electron chi connectivity index (χ1n) is 11.5. The SMILES string of the molecule is Cc1cc(OCCCc2c(C(=O)O)n(C)c3c(-c4c(C)nn(C)c4C)c(Cl)ccc23)cc(C)c1Cl. The van der Waals surface area contributed by atoms with Crippen molar-refractivity contribution in [3.05, 3.63) is 68.1 Å². The van der Waals surface area contributed by atoms with Crippen molar-refractivity contribution in [1.29, 1.82) is 0 Å². The predicted octanol–water partition coefficient (Wildman–Crippen LogP) is 6.83. The number of aromatic nitrogens is 3. The Morgan fingerprint density at radius 3 is 2.29 bits per heavy atom. The summed E-state index contributed by atoms with van der Waals surface area (Å²) in [7, 11) is 3.68. The number of hydrogen-bond donors (Lipinski definition) is 1. The number of rotatable bonds is 7. The van der Waals surface area contributed by atoms with Gasteiger partial charge in [0, 0.05) is 41.3 Å². The Kier molecular flexibility index (Phi) is 6.89. The highest BCUT2D eigenvalue weighted by molar-refractivity contribution is 6.35. The number of fused-ring (bicyclic) bond motifs is 1. The first-order chi connectivity index (χ1) is 16.5. The van der Waals surface area contributed by atoms with E-state index in [1.807, 2.05) is 63.7 Å². The zero-order valence-electron chi connectivity index (χ0n) is 20.8. The third kappa shape index (κ3) is 4.41. The maximum atomic E-state index is 12.3. The van der Waals surface area contributed by atoms with Crippen molar-refractivity contribution in [2.24, 2.45) is 14.1 Å². The lowest BCUT2D eigenvalue weighted by Gasteiger charge is -2.11. The third-order valence-corrected chi connectivity index (χ3v) is 7.53. The summed E-state index contributed by atoms with van der Waals surface area (Å²) in [6.45, 7) is 8.29. The van der Waals surface area contributed by atoms with Gasteiger partial charge in [0.25, 0.3) is 0 Å². The van der Waals surface area contributed by atoms with Gasteiger partial charge in [-0.2, -0.15) is 5.10 Å². The van der Waals surface area contributed by atoms with Gasteiger partial charge in [0.15, 0.2) is 0 Å². The van der Waals surface area contributed by atoms with Gasteiger partial charge in [-0.1, -0.05) is 29.3 Å². The molecule has 6 nitrogen and oxygen atoms in total. The maximum Gasteiger partial charge on any atom is 0.352 e. The first kappa shape index (κ1) is 25.1. The second-order valence-electron chi connectivity index (χ2n) is 9.00. The van der Waals surface area contributed by atoms with Crippen LogP contribution in [0.1, 0.15) is 45.0 Å². The van der Waals surface area contributed by atoms with Crippen molar-refractivity contribution >= 4 is 40.1 Å². The lowest BCUT2D eigenvalue weighted by Crippen LogP contribution is -2.08. The summed E-state index contributed by atoms with van der Waals surface area (Å²) in [4.78, 5) is 12.3. The summed E-state index contributed by atoms with van der Waals surface area (Å²) >= 11 is 13.0. The van der Waals surface area contributed by atoms with Crippen LogP contribution in [0, 0.1) is 27.7 Å².